The quantitative estimate of drug-likeness (QED) is 0.805. The molecule has 0 radical (unpaired) electrons. The van der Waals surface area contributed by atoms with Gasteiger partial charge in [-0.1, -0.05) is 0 Å². The summed E-state index contributed by atoms with van der Waals surface area (Å²) in [6.45, 7) is 6.93. The monoisotopic (exact) mass is 315 g/mol. The number of amides is 1. The van der Waals surface area contributed by atoms with Crippen LogP contribution in [-0.2, 0) is 13.1 Å². The van der Waals surface area contributed by atoms with Gasteiger partial charge in [0.2, 0.25) is 5.95 Å². The highest BCUT2D eigenvalue weighted by molar-refractivity contribution is 6.03. The van der Waals surface area contributed by atoms with E-state index >= 15 is 0 Å². The Hall–Kier alpha value is -2.70. The van der Waals surface area contributed by atoms with Gasteiger partial charge in [-0.3, -0.25) is 14.8 Å². The highest BCUT2D eigenvalue weighted by Gasteiger charge is 2.17. The minimum absolute atomic E-state index is 0.280. The molecule has 0 aliphatic rings. The summed E-state index contributed by atoms with van der Waals surface area (Å²) in [5.74, 6) is -0.228. The van der Waals surface area contributed by atoms with Crippen LogP contribution in [0, 0.1) is 12.7 Å². The molecule has 0 atom stereocenters. The number of carbonyl (C=O) groups is 1. The molecule has 2 aromatic heterocycles. The number of anilines is 1. The number of carbonyl (C=O) groups excluding carboxylic acids is 1. The van der Waals surface area contributed by atoms with E-state index in [1.165, 1.54) is 12.1 Å². The molecule has 1 aromatic carbocycles. The lowest BCUT2D eigenvalue weighted by atomic mass is 10.3. The van der Waals surface area contributed by atoms with Gasteiger partial charge in [0.05, 0.1) is 16.7 Å². The number of benzene rings is 1. The number of aromatic nitrogens is 4. The molecule has 0 bridgehead atoms. The predicted molar refractivity (Wildman–Crippen MR) is 86.0 cm³/mol. The molecule has 1 N–H and O–H groups in total. The van der Waals surface area contributed by atoms with Crippen molar-refractivity contribution in [1.82, 2.24) is 19.3 Å². The van der Waals surface area contributed by atoms with Gasteiger partial charge in [-0.15, -0.1) is 0 Å². The standard InChI is InChI=1S/C16H18FN5O/c1-4-21-13-7-6-11(17)9-12(13)18-16(21)19-15(23)14-8-10(3)20-22(14)5-2/h6-9H,4-5H2,1-3H3,(H,18,19,23). The van der Waals surface area contributed by atoms with Crippen LogP contribution in [0.5, 0.6) is 0 Å². The third kappa shape index (κ3) is 2.69. The zero-order chi connectivity index (χ0) is 16.6. The Morgan fingerprint density at radius 3 is 2.74 bits per heavy atom. The van der Waals surface area contributed by atoms with Gasteiger partial charge < -0.3 is 4.57 Å². The van der Waals surface area contributed by atoms with E-state index in [-0.39, 0.29) is 11.7 Å². The molecule has 3 rings (SSSR count). The molecule has 0 aliphatic heterocycles. The maximum absolute atomic E-state index is 13.4. The van der Waals surface area contributed by atoms with Crippen LogP contribution in [0.3, 0.4) is 0 Å². The van der Waals surface area contributed by atoms with Gasteiger partial charge >= 0.3 is 0 Å². The fraction of sp³-hybridized carbons (Fsp3) is 0.312. The van der Waals surface area contributed by atoms with Crippen LogP contribution in [0.2, 0.25) is 0 Å². The normalized spacial score (nSPS) is 11.1. The average molecular weight is 315 g/mol. The van der Waals surface area contributed by atoms with E-state index in [0.717, 1.165) is 11.2 Å². The minimum Gasteiger partial charge on any atom is -0.310 e. The van der Waals surface area contributed by atoms with Crippen molar-refractivity contribution in [1.29, 1.82) is 0 Å². The number of aryl methyl sites for hydroxylation is 3. The molecule has 0 unspecified atom stereocenters. The maximum Gasteiger partial charge on any atom is 0.276 e. The van der Waals surface area contributed by atoms with E-state index < -0.39 is 0 Å². The first-order valence-electron chi connectivity index (χ1n) is 7.55. The number of nitrogens with zero attached hydrogens (tertiary/aromatic N) is 4. The number of imidazole rings is 1. The molecule has 0 saturated carbocycles. The number of hydrogen-bond acceptors (Lipinski definition) is 3. The van der Waals surface area contributed by atoms with Crippen molar-refractivity contribution < 1.29 is 9.18 Å². The fourth-order valence-corrected chi connectivity index (χ4v) is 2.65. The molecule has 0 saturated heterocycles. The second-order valence-electron chi connectivity index (χ2n) is 5.25. The molecule has 6 nitrogen and oxygen atoms in total. The number of fused-ring (bicyclic) bond motifs is 1. The highest BCUT2D eigenvalue weighted by Crippen LogP contribution is 2.21. The first-order valence-corrected chi connectivity index (χ1v) is 7.55. The van der Waals surface area contributed by atoms with Crippen LogP contribution in [0.4, 0.5) is 10.3 Å². The fourth-order valence-electron chi connectivity index (χ4n) is 2.65. The van der Waals surface area contributed by atoms with E-state index in [2.05, 4.69) is 15.4 Å². The van der Waals surface area contributed by atoms with Gasteiger partial charge in [-0.2, -0.15) is 5.10 Å². The van der Waals surface area contributed by atoms with Gasteiger partial charge in [0, 0.05) is 19.2 Å². The second-order valence-corrected chi connectivity index (χ2v) is 5.25. The number of nitrogens with one attached hydrogen (secondary N) is 1. The zero-order valence-corrected chi connectivity index (χ0v) is 13.3. The smallest absolute Gasteiger partial charge is 0.276 e. The molecular formula is C16H18FN5O. The Bertz CT molecular complexity index is 880. The molecule has 0 aliphatic carbocycles. The Kier molecular flexibility index (Phi) is 3.85. The van der Waals surface area contributed by atoms with Crippen molar-refractivity contribution in [3.63, 3.8) is 0 Å². The first-order chi connectivity index (χ1) is 11.0. The van der Waals surface area contributed by atoms with Crippen LogP contribution < -0.4 is 5.32 Å². The van der Waals surface area contributed by atoms with Crippen LogP contribution >= 0.6 is 0 Å². The third-order valence-corrected chi connectivity index (χ3v) is 3.69. The second kappa shape index (κ2) is 5.83. The molecule has 0 spiro atoms. The summed E-state index contributed by atoms with van der Waals surface area (Å²) in [5.41, 5.74) is 2.56. The van der Waals surface area contributed by atoms with E-state index in [4.69, 9.17) is 0 Å². The van der Waals surface area contributed by atoms with Gasteiger partial charge in [-0.25, -0.2) is 9.37 Å². The molecule has 1 amide bonds. The molecule has 0 fully saturated rings. The Balaban J connectivity index is 1.99. The third-order valence-electron chi connectivity index (χ3n) is 3.69. The van der Waals surface area contributed by atoms with Crippen molar-refractivity contribution in [3.8, 4) is 0 Å². The topological polar surface area (TPSA) is 64.7 Å². The number of hydrogen-bond donors (Lipinski definition) is 1. The van der Waals surface area contributed by atoms with Crippen LogP contribution in [0.15, 0.2) is 24.3 Å². The molecule has 2 heterocycles. The molecule has 23 heavy (non-hydrogen) atoms. The van der Waals surface area contributed by atoms with Crippen molar-refractivity contribution in [2.24, 2.45) is 0 Å². The predicted octanol–water partition coefficient (Wildman–Crippen LogP) is 2.97. The minimum atomic E-state index is -0.351. The van der Waals surface area contributed by atoms with Crippen molar-refractivity contribution in [3.05, 3.63) is 41.5 Å². The van der Waals surface area contributed by atoms with Crippen LogP contribution in [0.25, 0.3) is 11.0 Å². The summed E-state index contributed by atoms with van der Waals surface area (Å²) < 4.78 is 16.8. The first kappa shape index (κ1) is 15.2. The Labute approximate surface area is 132 Å². The van der Waals surface area contributed by atoms with Crippen molar-refractivity contribution in [2.45, 2.75) is 33.9 Å². The van der Waals surface area contributed by atoms with Gasteiger partial charge in [0.1, 0.15) is 11.5 Å². The van der Waals surface area contributed by atoms with E-state index in [1.807, 2.05) is 25.3 Å². The summed E-state index contributed by atoms with van der Waals surface area (Å²) >= 11 is 0. The SMILES string of the molecule is CCn1nc(C)cc1C(=O)Nc1nc2cc(F)ccc2n1CC. The molecular weight excluding hydrogens is 297 g/mol. The summed E-state index contributed by atoms with van der Waals surface area (Å²) in [5, 5.41) is 7.07. The largest absolute Gasteiger partial charge is 0.310 e. The summed E-state index contributed by atoms with van der Waals surface area (Å²) in [6.07, 6.45) is 0. The lowest BCUT2D eigenvalue weighted by molar-refractivity contribution is 0.101. The Morgan fingerprint density at radius 1 is 1.26 bits per heavy atom. The summed E-state index contributed by atoms with van der Waals surface area (Å²) in [6, 6.07) is 6.14. The van der Waals surface area contributed by atoms with Crippen molar-refractivity contribution >= 4 is 22.9 Å². The van der Waals surface area contributed by atoms with E-state index in [0.29, 0.717) is 30.2 Å². The van der Waals surface area contributed by atoms with Gasteiger partial charge in [-0.05, 0) is 39.0 Å². The van der Waals surface area contributed by atoms with Crippen LogP contribution in [-0.4, -0.2) is 25.2 Å². The lowest BCUT2D eigenvalue weighted by Crippen LogP contribution is -2.19. The molecule has 7 heteroatoms. The van der Waals surface area contributed by atoms with Crippen molar-refractivity contribution in [2.75, 3.05) is 5.32 Å². The molecule has 120 valence electrons. The highest BCUT2D eigenvalue weighted by atomic mass is 19.1. The summed E-state index contributed by atoms with van der Waals surface area (Å²) in [7, 11) is 0. The number of rotatable bonds is 4. The molecule has 3 aromatic rings. The van der Waals surface area contributed by atoms with E-state index in [1.54, 1.807) is 16.8 Å². The van der Waals surface area contributed by atoms with Crippen LogP contribution in [0.1, 0.15) is 30.0 Å². The maximum atomic E-state index is 13.4. The number of halogens is 1. The van der Waals surface area contributed by atoms with E-state index in [9.17, 15) is 9.18 Å². The lowest BCUT2D eigenvalue weighted by Gasteiger charge is -2.08. The zero-order valence-electron chi connectivity index (χ0n) is 13.3. The average Bonchev–Trinajstić information content (AvgIpc) is 3.06. The Morgan fingerprint density at radius 2 is 2.04 bits per heavy atom. The summed E-state index contributed by atoms with van der Waals surface area (Å²) in [4.78, 5) is 16.9. The van der Waals surface area contributed by atoms with Gasteiger partial charge in [0.25, 0.3) is 5.91 Å². The van der Waals surface area contributed by atoms with Gasteiger partial charge in [0.15, 0.2) is 0 Å².